The number of carbonyl (C=O) groups excluding carboxylic acids is 1. The number of piperidine rings is 1. The lowest BCUT2D eigenvalue weighted by Gasteiger charge is -2.33. The zero-order valence-corrected chi connectivity index (χ0v) is 13.8. The van der Waals surface area contributed by atoms with Crippen LogP contribution in [0, 0.1) is 0 Å². The van der Waals surface area contributed by atoms with Crippen LogP contribution in [0.25, 0.3) is 10.1 Å². The Kier molecular flexibility index (Phi) is 4.09. The molecule has 1 saturated heterocycles. The molecule has 0 aliphatic carbocycles. The van der Waals surface area contributed by atoms with Crippen molar-refractivity contribution in [2.24, 2.45) is 0 Å². The fourth-order valence-corrected chi connectivity index (χ4v) is 4.28. The van der Waals surface area contributed by atoms with E-state index < -0.39 is 0 Å². The standard InChI is InChI=1S/C16H18ClNO2S/c1-10-5-3-4-8-18(10)16(19)15-14(17)12-9-11(20-2)6-7-13(12)21-15/h6-7,9-10H,3-5,8H2,1-2H3. The minimum Gasteiger partial charge on any atom is -0.497 e. The number of ether oxygens (including phenoxy) is 1. The molecule has 2 aromatic rings. The Morgan fingerprint density at radius 3 is 2.95 bits per heavy atom. The molecule has 0 bridgehead atoms. The number of hydrogen-bond donors (Lipinski definition) is 0. The second kappa shape index (κ2) is 5.85. The number of nitrogens with zero attached hydrogens (tertiary/aromatic N) is 1. The van der Waals surface area contributed by atoms with Crippen LogP contribution in [0.3, 0.4) is 0 Å². The number of rotatable bonds is 2. The van der Waals surface area contributed by atoms with Crippen molar-refractivity contribution in [3.63, 3.8) is 0 Å². The Hall–Kier alpha value is -1.26. The number of hydrogen-bond acceptors (Lipinski definition) is 3. The van der Waals surface area contributed by atoms with Gasteiger partial charge in [-0.05, 0) is 44.4 Å². The molecule has 1 aliphatic heterocycles. The first-order valence-electron chi connectivity index (χ1n) is 7.19. The molecule has 1 aromatic heterocycles. The quantitative estimate of drug-likeness (QED) is 0.809. The van der Waals surface area contributed by atoms with Gasteiger partial charge in [-0.3, -0.25) is 4.79 Å². The van der Waals surface area contributed by atoms with E-state index in [2.05, 4.69) is 6.92 Å². The third kappa shape index (κ3) is 2.62. The molecule has 0 saturated carbocycles. The van der Waals surface area contributed by atoms with E-state index in [4.69, 9.17) is 16.3 Å². The average Bonchev–Trinajstić information content (AvgIpc) is 2.83. The van der Waals surface area contributed by atoms with Crippen molar-refractivity contribution in [3.05, 3.63) is 28.1 Å². The monoisotopic (exact) mass is 323 g/mol. The van der Waals surface area contributed by atoms with E-state index in [0.717, 1.165) is 35.2 Å². The number of methoxy groups -OCH3 is 1. The van der Waals surface area contributed by atoms with Crippen LogP contribution in [0.1, 0.15) is 35.9 Å². The molecule has 2 heterocycles. The Balaban J connectivity index is 2.00. The van der Waals surface area contributed by atoms with Gasteiger partial charge in [0.2, 0.25) is 0 Å². The number of carbonyl (C=O) groups is 1. The summed E-state index contributed by atoms with van der Waals surface area (Å²) in [5.41, 5.74) is 0. The van der Waals surface area contributed by atoms with E-state index in [-0.39, 0.29) is 5.91 Å². The van der Waals surface area contributed by atoms with Crippen LogP contribution in [0.15, 0.2) is 18.2 Å². The predicted octanol–water partition coefficient (Wildman–Crippen LogP) is 4.58. The highest BCUT2D eigenvalue weighted by Gasteiger charge is 2.27. The number of benzene rings is 1. The lowest BCUT2D eigenvalue weighted by Crippen LogP contribution is -2.41. The molecule has 21 heavy (non-hydrogen) atoms. The molecule has 1 fully saturated rings. The van der Waals surface area contributed by atoms with Crippen LogP contribution in [-0.4, -0.2) is 30.5 Å². The molecule has 0 radical (unpaired) electrons. The first kappa shape index (κ1) is 14.7. The van der Waals surface area contributed by atoms with Gasteiger partial charge in [-0.1, -0.05) is 11.6 Å². The summed E-state index contributed by atoms with van der Waals surface area (Å²) in [6, 6.07) is 6.04. The van der Waals surface area contributed by atoms with Crippen molar-refractivity contribution in [3.8, 4) is 5.75 Å². The maximum absolute atomic E-state index is 12.8. The first-order chi connectivity index (χ1) is 10.1. The Morgan fingerprint density at radius 1 is 1.43 bits per heavy atom. The molecule has 1 unspecified atom stereocenters. The highest BCUT2D eigenvalue weighted by molar-refractivity contribution is 7.21. The molecule has 3 rings (SSSR count). The molecule has 5 heteroatoms. The normalized spacial score (nSPS) is 19.0. The van der Waals surface area contributed by atoms with Crippen LogP contribution in [0.2, 0.25) is 5.02 Å². The second-order valence-corrected chi connectivity index (χ2v) is 6.88. The Bertz CT molecular complexity index is 682. The van der Waals surface area contributed by atoms with Gasteiger partial charge in [0.25, 0.3) is 5.91 Å². The first-order valence-corrected chi connectivity index (χ1v) is 8.38. The lowest BCUT2D eigenvalue weighted by molar-refractivity contribution is 0.0641. The van der Waals surface area contributed by atoms with Gasteiger partial charge in [0.15, 0.2) is 0 Å². The molecule has 0 spiro atoms. The fourth-order valence-electron chi connectivity index (χ4n) is 2.84. The lowest BCUT2D eigenvalue weighted by atomic mass is 10.0. The Morgan fingerprint density at radius 2 is 2.24 bits per heavy atom. The third-order valence-electron chi connectivity index (χ3n) is 4.09. The number of fused-ring (bicyclic) bond motifs is 1. The Labute approximate surface area is 133 Å². The van der Waals surface area contributed by atoms with Crippen LogP contribution < -0.4 is 4.74 Å². The minimum atomic E-state index is 0.0624. The van der Waals surface area contributed by atoms with Crippen LogP contribution in [0.4, 0.5) is 0 Å². The highest BCUT2D eigenvalue weighted by atomic mass is 35.5. The van der Waals surface area contributed by atoms with Crippen molar-refractivity contribution in [2.45, 2.75) is 32.2 Å². The molecular formula is C16H18ClNO2S. The van der Waals surface area contributed by atoms with Crippen molar-refractivity contribution < 1.29 is 9.53 Å². The van der Waals surface area contributed by atoms with E-state index in [9.17, 15) is 4.79 Å². The van der Waals surface area contributed by atoms with Gasteiger partial charge in [0.05, 0.1) is 12.1 Å². The summed E-state index contributed by atoms with van der Waals surface area (Å²) < 4.78 is 6.25. The smallest absolute Gasteiger partial charge is 0.265 e. The summed E-state index contributed by atoms with van der Waals surface area (Å²) in [7, 11) is 1.63. The van der Waals surface area contributed by atoms with E-state index in [1.54, 1.807) is 7.11 Å². The maximum Gasteiger partial charge on any atom is 0.265 e. The molecule has 1 aliphatic rings. The van der Waals surface area contributed by atoms with Gasteiger partial charge in [-0.15, -0.1) is 11.3 Å². The van der Waals surface area contributed by atoms with Gasteiger partial charge in [0, 0.05) is 22.7 Å². The second-order valence-electron chi connectivity index (χ2n) is 5.45. The van der Waals surface area contributed by atoms with Crippen molar-refractivity contribution in [2.75, 3.05) is 13.7 Å². The summed E-state index contributed by atoms with van der Waals surface area (Å²) >= 11 is 7.92. The summed E-state index contributed by atoms with van der Waals surface area (Å²) in [5, 5.41) is 1.45. The van der Waals surface area contributed by atoms with Crippen LogP contribution in [0.5, 0.6) is 5.75 Å². The summed E-state index contributed by atoms with van der Waals surface area (Å²) in [6.07, 6.45) is 3.34. The largest absolute Gasteiger partial charge is 0.497 e. The summed E-state index contributed by atoms with van der Waals surface area (Å²) in [5.74, 6) is 0.819. The maximum atomic E-state index is 12.8. The molecule has 1 amide bonds. The van der Waals surface area contributed by atoms with E-state index in [0.29, 0.717) is 15.9 Å². The topological polar surface area (TPSA) is 29.5 Å². The highest BCUT2D eigenvalue weighted by Crippen LogP contribution is 2.38. The number of thiophene rings is 1. The fraction of sp³-hybridized carbons (Fsp3) is 0.438. The van der Waals surface area contributed by atoms with Gasteiger partial charge < -0.3 is 9.64 Å². The number of amides is 1. The average molecular weight is 324 g/mol. The van der Waals surface area contributed by atoms with E-state index in [1.807, 2.05) is 23.1 Å². The van der Waals surface area contributed by atoms with Crippen LogP contribution >= 0.6 is 22.9 Å². The molecule has 0 N–H and O–H groups in total. The molecule has 1 atom stereocenters. The zero-order chi connectivity index (χ0) is 15.0. The third-order valence-corrected chi connectivity index (χ3v) is 5.76. The van der Waals surface area contributed by atoms with Gasteiger partial charge >= 0.3 is 0 Å². The summed E-state index contributed by atoms with van der Waals surface area (Å²) in [4.78, 5) is 15.4. The van der Waals surface area contributed by atoms with Gasteiger partial charge in [0.1, 0.15) is 10.6 Å². The van der Waals surface area contributed by atoms with Crippen LogP contribution in [-0.2, 0) is 0 Å². The number of halogens is 1. The van der Waals surface area contributed by atoms with Crippen molar-refractivity contribution in [1.29, 1.82) is 0 Å². The molecular weight excluding hydrogens is 306 g/mol. The predicted molar refractivity (Wildman–Crippen MR) is 87.7 cm³/mol. The van der Waals surface area contributed by atoms with Crippen molar-refractivity contribution >= 4 is 38.9 Å². The minimum absolute atomic E-state index is 0.0624. The number of likely N-dealkylation sites (tertiary alicyclic amines) is 1. The van der Waals surface area contributed by atoms with Crippen molar-refractivity contribution in [1.82, 2.24) is 4.90 Å². The SMILES string of the molecule is COc1ccc2sc(C(=O)N3CCCCC3C)c(Cl)c2c1. The van der Waals surface area contributed by atoms with Gasteiger partial charge in [-0.25, -0.2) is 0 Å². The van der Waals surface area contributed by atoms with E-state index in [1.165, 1.54) is 17.8 Å². The zero-order valence-electron chi connectivity index (χ0n) is 12.2. The molecule has 1 aromatic carbocycles. The van der Waals surface area contributed by atoms with E-state index >= 15 is 0 Å². The summed E-state index contributed by atoms with van der Waals surface area (Å²) in [6.45, 7) is 2.94. The molecule has 3 nitrogen and oxygen atoms in total. The molecule has 112 valence electrons. The van der Waals surface area contributed by atoms with Gasteiger partial charge in [-0.2, -0.15) is 0 Å².